The molecule has 0 saturated carbocycles. The van der Waals surface area contributed by atoms with E-state index < -0.39 is 23.2 Å². The summed E-state index contributed by atoms with van der Waals surface area (Å²) in [5, 5.41) is 0. The molecule has 1 aromatic heterocycles. The Hall–Kier alpha value is -1.04. The minimum Gasteiger partial charge on any atom is -0.248 e. The van der Waals surface area contributed by atoms with E-state index in [0.717, 1.165) is 0 Å². The predicted molar refractivity (Wildman–Crippen MR) is 56.4 cm³/mol. The van der Waals surface area contributed by atoms with Crippen molar-refractivity contribution in [2.75, 3.05) is 13.3 Å². The van der Waals surface area contributed by atoms with Gasteiger partial charge in [0.25, 0.3) is 5.88 Å². The van der Waals surface area contributed by atoms with Crippen molar-refractivity contribution in [3.8, 4) is 5.88 Å². The van der Waals surface area contributed by atoms with Crippen LogP contribution in [0.5, 0.6) is 5.88 Å². The molecule has 2 N–H and O–H groups in total. The summed E-state index contributed by atoms with van der Waals surface area (Å²) < 4.78 is 38.8. The molecule has 1 rings (SSSR count). The van der Waals surface area contributed by atoms with Gasteiger partial charge < -0.3 is 0 Å². The zero-order chi connectivity index (χ0) is 13.1. The van der Waals surface area contributed by atoms with E-state index in [-0.39, 0.29) is 12.5 Å². The second-order valence-electron chi connectivity index (χ2n) is 2.26. The molecule has 10 heteroatoms. The molecular formula is C7H10FNO6P2+2. The van der Waals surface area contributed by atoms with Crippen molar-refractivity contribution in [2.45, 2.75) is 0 Å². The Bertz CT molecular complexity index is 351. The van der Waals surface area contributed by atoms with E-state index in [2.05, 4.69) is 14.0 Å². The monoisotopic (exact) mass is 285 g/mol. The second kappa shape index (κ2) is 10.1. The van der Waals surface area contributed by atoms with Crippen LogP contribution in [0.1, 0.15) is 0 Å². The van der Waals surface area contributed by atoms with Crippen LogP contribution in [0.25, 0.3) is 0 Å². The van der Waals surface area contributed by atoms with E-state index in [9.17, 15) is 13.5 Å². The third-order valence-corrected chi connectivity index (χ3v) is 1.83. The second-order valence-corrected chi connectivity index (χ2v) is 3.65. The van der Waals surface area contributed by atoms with Gasteiger partial charge in [-0.25, -0.2) is 13.9 Å². The maximum absolute atomic E-state index is 11.0. The summed E-state index contributed by atoms with van der Waals surface area (Å²) in [6.07, 6.45) is 1.48. The molecule has 0 aliphatic carbocycles. The number of halogens is 1. The van der Waals surface area contributed by atoms with Gasteiger partial charge in [-0.3, -0.25) is 0 Å². The summed E-state index contributed by atoms with van der Waals surface area (Å²) in [4.78, 5) is 19.7. The Morgan fingerprint density at radius 1 is 1.29 bits per heavy atom. The van der Waals surface area contributed by atoms with E-state index in [1.165, 1.54) is 12.3 Å². The van der Waals surface area contributed by atoms with Crippen LogP contribution in [0.3, 0.4) is 0 Å². The molecule has 2 atom stereocenters. The van der Waals surface area contributed by atoms with Crippen LogP contribution in [-0.4, -0.2) is 28.1 Å². The molecule has 1 aromatic rings. The van der Waals surface area contributed by atoms with Gasteiger partial charge in [0.2, 0.25) is 0 Å². The first kappa shape index (κ1) is 16.0. The first-order chi connectivity index (χ1) is 8.06. The molecule has 0 aliphatic heterocycles. The van der Waals surface area contributed by atoms with Crippen molar-refractivity contribution in [1.29, 1.82) is 0 Å². The van der Waals surface area contributed by atoms with Crippen LogP contribution in [0.15, 0.2) is 24.4 Å². The van der Waals surface area contributed by atoms with Crippen molar-refractivity contribution in [3.05, 3.63) is 24.4 Å². The summed E-state index contributed by atoms with van der Waals surface area (Å²) in [6, 6.07) is 4.86. The molecule has 1 heterocycles. The lowest BCUT2D eigenvalue weighted by Crippen LogP contribution is -1.85. The first-order valence-electron chi connectivity index (χ1n) is 4.16. The lowest BCUT2D eigenvalue weighted by atomic mass is 10.5. The molecule has 0 saturated heterocycles. The minimum atomic E-state index is -2.60. The number of hydrogen-bond donors (Lipinski definition) is 2. The Morgan fingerprint density at radius 3 is 2.35 bits per heavy atom. The molecule has 94 valence electrons. The molecule has 7 nitrogen and oxygen atoms in total. The van der Waals surface area contributed by atoms with E-state index in [4.69, 9.17) is 9.79 Å². The number of nitrogens with zero attached hydrogens (tertiary/aromatic N) is 1. The van der Waals surface area contributed by atoms with Crippen LogP contribution in [0.2, 0.25) is 0 Å². The number of alkyl halides is 1. The standard InChI is InChI=1S/C5H4NO3P.C2H4FO3P/c7-10(8)9-5-3-1-2-4-6-5;3-1-2-6-7(4)5/h1-4H;1-2H2/p+2. The average Bonchev–Trinajstić information content (AvgIpc) is 2.27. The van der Waals surface area contributed by atoms with Crippen molar-refractivity contribution in [3.63, 3.8) is 0 Å². The Kier molecular flexibility index (Phi) is 9.52. The molecule has 17 heavy (non-hydrogen) atoms. The Balaban J connectivity index is 0.000000325. The quantitative estimate of drug-likeness (QED) is 0.793. The predicted octanol–water partition coefficient (Wildman–Crippen LogP) is 1.73. The number of rotatable bonds is 5. The molecule has 0 aromatic carbocycles. The highest BCUT2D eigenvalue weighted by Gasteiger charge is 2.13. The number of aromatic nitrogens is 1. The van der Waals surface area contributed by atoms with E-state index in [1.54, 1.807) is 12.1 Å². The molecule has 0 amide bonds. The SMILES string of the molecule is O=[P+](O)OCCF.O=[P+](O)Oc1ccccn1. The van der Waals surface area contributed by atoms with Gasteiger partial charge in [0, 0.05) is 21.4 Å². The van der Waals surface area contributed by atoms with Gasteiger partial charge in [-0.05, 0) is 6.07 Å². The zero-order valence-electron chi connectivity index (χ0n) is 8.47. The van der Waals surface area contributed by atoms with Crippen LogP contribution >= 0.6 is 16.5 Å². The Labute approximate surface area is 98.1 Å². The fourth-order valence-electron chi connectivity index (χ4n) is 0.594. The van der Waals surface area contributed by atoms with Gasteiger partial charge >= 0.3 is 16.5 Å². The van der Waals surface area contributed by atoms with Gasteiger partial charge in [-0.15, -0.1) is 14.3 Å². The van der Waals surface area contributed by atoms with Crippen molar-refractivity contribution >= 4 is 16.5 Å². The van der Waals surface area contributed by atoms with Crippen LogP contribution in [0.4, 0.5) is 4.39 Å². The highest BCUT2D eigenvalue weighted by molar-refractivity contribution is 7.32. The van der Waals surface area contributed by atoms with Gasteiger partial charge in [0.05, 0.1) is 0 Å². The van der Waals surface area contributed by atoms with Crippen molar-refractivity contribution in [2.24, 2.45) is 0 Å². The number of hydrogen-bond acceptors (Lipinski definition) is 5. The van der Waals surface area contributed by atoms with E-state index in [0.29, 0.717) is 0 Å². The van der Waals surface area contributed by atoms with Gasteiger partial charge in [0.1, 0.15) is 13.3 Å². The maximum Gasteiger partial charge on any atom is 0.749 e. The van der Waals surface area contributed by atoms with Crippen LogP contribution in [-0.2, 0) is 13.7 Å². The molecule has 0 aliphatic rings. The zero-order valence-corrected chi connectivity index (χ0v) is 10.3. The third-order valence-electron chi connectivity index (χ3n) is 1.09. The average molecular weight is 285 g/mol. The first-order valence-corrected chi connectivity index (χ1v) is 6.42. The third kappa shape index (κ3) is 11.2. The molecule has 0 spiro atoms. The van der Waals surface area contributed by atoms with Gasteiger partial charge in [0.15, 0.2) is 0 Å². The van der Waals surface area contributed by atoms with Crippen molar-refractivity contribution in [1.82, 2.24) is 4.98 Å². The summed E-state index contributed by atoms with van der Waals surface area (Å²) in [7, 11) is -5.19. The minimum absolute atomic E-state index is 0.158. The topological polar surface area (TPSA) is 106 Å². The highest BCUT2D eigenvalue weighted by Crippen LogP contribution is 2.18. The summed E-state index contributed by atoms with van der Waals surface area (Å²) in [5.41, 5.74) is 0. The van der Waals surface area contributed by atoms with E-state index >= 15 is 0 Å². The van der Waals surface area contributed by atoms with Crippen LogP contribution < -0.4 is 4.52 Å². The summed E-state index contributed by atoms with van der Waals surface area (Å²) >= 11 is 0. The molecule has 2 unspecified atom stereocenters. The number of pyridine rings is 1. The van der Waals surface area contributed by atoms with Crippen molar-refractivity contribution < 1.29 is 32.4 Å². The van der Waals surface area contributed by atoms with E-state index in [1.807, 2.05) is 0 Å². The smallest absolute Gasteiger partial charge is 0.248 e. The fourth-order valence-corrected chi connectivity index (χ4v) is 1.09. The highest BCUT2D eigenvalue weighted by atomic mass is 31.1. The fraction of sp³-hybridized carbons (Fsp3) is 0.286. The molecular weight excluding hydrogens is 275 g/mol. The largest absolute Gasteiger partial charge is 0.749 e. The molecule has 0 fully saturated rings. The maximum atomic E-state index is 11.0. The van der Waals surface area contributed by atoms with Gasteiger partial charge in [-0.2, -0.15) is 0 Å². The lowest BCUT2D eigenvalue weighted by Gasteiger charge is -1.84. The van der Waals surface area contributed by atoms with Crippen LogP contribution in [0, 0.1) is 0 Å². The van der Waals surface area contributed by atoms with Gasteiger partial charge in [-0.1, -0.05) is 6.07 Å². The normalized spacial score (nSPS) is 11.0. The summed E-state index contributed by atoms with van der Waals surface area (Å²) in [5.74, 6) is 0.158. The molecule has 0 radical (unpaired) electrons. The molecule has 0 bridgehead atoms. The Morgan fingerprint density at radius 2 is 2.00 bits per heavy atom. The summed E-state index contributed by atoms with van der Waals surface area (Å²) in [6.45, 7) is -1.02. The lowest BCUT2D eigenvalue weighted by molar-refractivity contribution is 0.251.